The first-order valence-electron chi connectivity index (χ1n) is 14.6. The average Bonchev–Trinajstić information content (AvgIpc) is 2.98. The number of hydrogen-bond acceptors (Lipinski definition) is 5. The lowest BCUT2D eigenvalue weighted by atomic mass is 9.75. The number of amides is 3. The molecule has 218 valence electrons. The van der Waals surface area contributed by atoms with E-state index >= 15 is 0 Å². The number of rotatable bonds is 5. The monoisotopic (exact) mass is 622 g/mol. The van der Waals surface area contributed by atoms with Gasteiger partial charge in [0.15, 0.2) is 0 Å². The molecule has 3 amide bonds. The second kappa shape index (κ2) is 13.8. The molecule has 41 heavy (non-hydrogen) atoms. The third-order valence-electron chi connectivity index (χ3n) is 8.59. The number of nitrogens with one attached hydrogen (secondary N) is 3. The van der Waals surface area contributed by atoms with Crippen LogP contribution in [0.5, 0.6) is 0 Å². The van der Waals surface area contributed by atoms with Crippen molar-refractivity contribution in [1.29, 1.82) is 0 Å². The van der Waals surface area contributed by atoms with Gasteiger partial charge in [-0.1, -0.05) is 58.4 Å². The van der Waals surface area contributed by atoms with E-state index < -0.39 is 11.5 Å². The zero-order valence-electron chi connectivity index (χ0n) is 23.3. The van der Waals surface area contributed by atoms with Gasteiger partial charge in [0.05, 0.1) is 12.0 Å². The maximum absolute atomic E-state index is 13.7. The van der Waals surface area contributed by atoms with Gasteiger partial charge < -0.3 is 20.7 Å². The fourth-order valence-electron chi connectivity index (χ4n) is 6.14. The van der Waals surface area contributed by atoms with Crippen molar-refractivity contribution >= 4 is 39.3 Å². The Kier molecular flexibility index (Phi) is 9.90. The van der Waals surface area contributed by atoms with Gasteiger partial charge in [-0.2, -0.15) is 0 Å². The third kappa shape index (κ3) is 7.84. The molecule has 2 aromatic carbocycles. The first-order valence-corrected chi connectivity index (χ1v) is 15.4. The fraction of sp³-hybridized carbons (Fsp3) is 0.469. The summed E-state index contributed by atoms with van der Waals surface area (Å²) in [6.07, 6.45) is 8.13. The molecule has 1 spiro atoms. The number of likely N-dealkylation sites (tertiary alicyclic amines) is 1. The molecule has 0 unspecified atom stereocenters. The van der Waals surface area contributed by atoms with Crippen molar-refractivity contribution in [3.63, 3.8) is 0 Å². The number of fused-ring (bicyclic) bond motifs is 1. The zero-order chi connectivity index (χ0) is 28.7. The van der Waals surface area contributed by atoms with Crippen LogP contribution in [0, 0.1) is 11.3 Å². The molecule has 0 bridgehead atoms. The van der Waals surface area contributed by atoms with Crippen molar-refractivity contribution in [3.05, 3.63) is 76.8 Å². The van der Waals surface area contributed by atoms with Gasteiger partial charge >= 0.3 is 0 Å². The maximum atomic E-state index is 13.7. The second-order valence-corrected chi connectivity index (χ2v) is 12.4. The van der Waals surface area contributed by atoms with Crippen molar-refractivity contribution in [2.75, 3.05) is 38.2 Å². The zero-order valence-corrected chi connectivity index (χ0v) is 24.9. The van der Waals surface area contributed by atoms with Gasteiger partial charge in [0, 0.05) is 48.9 Å². The third-order valence-corrected chi connectivity index (χ3v) is 9.12. The van der Waals surface area contributed by atoms with Crippen molar-refractivity contribution in [2.45, 2.75) is 50.6 Å². The van der Waals surface area contributed by atoms with Gasteiger partial charge in [-0.25, -0.2) is 0 Å². The summed E-state index contributed by atoms with van der Waals surface area (Å²) < 4.78 is 6.56. The average molecular weight is 624 g/mol. The standard InChI is InChI=1S/C32H39BrN4O4/c33-25-9-11-26(12-10-25)34-29(38)22-37-17-13-27-24(21-37)8-4-5-14-32(15-18-41-19-16-32)31(40)36-28(30(39)35-27)20-23-6-2-1-3-7-23/h1-7,9-12,24,27-28H,8,13-22H2,(H,34,38)(H,35,39)(H,36,40)/t24-,27+,28+/m0/s1. The van der Waals surface area contributed by atoms with Gasteiger partial charge in [0.2, 0.25) is 17.7 Å². The van der Waals surface area contributed by atoms with Crippen molar-refractivity contribution in [1.82, 2.24) is 15.5 Å². The van der Waals surface area contributed by atoms with Gasteiger partial charge in [0.1, 0.15) is 6.04 Å². The molecule has 8 nitrogen and oxygen atoms in total. The van der Waals surface area contributed by atoms with Crippen LogP contribution in [0.2, 0.25) is 0 Å². The van der Waals surface area contributed by atoms with Crippen molar-refractivity contribution in [2.24, 2.45) is 11.3 Å². The van der Waals surface area contributed by atoms with E-state index in [4.69, 9.17) is 4.74 Å². The van der Waals surface area contributed by atoms with E-state index in [1.54, 1.807) is 0 Å². The van der Waals surface area contributed by atoms with E-state index in [2.05, 4.69) is 48.9 Å². The molecule has 0 aromatic heterocycles. The lowest BCUT2D eigenvalue weighted by Gasteiger charge is -2.40. The SMILES string of the molecule is O=C(CN1CC[C@H]2NC(=O)[C@@H](Cc3ccccc3)NC(=O)C3(CC=CC[C@H]2C1)CCOCC3)Nc1ccc(Br)cc1. The molecule has 3 N–H and O–H groups in total. The molecule has 2 saturated heterocycles. The van der Waals surface area contributed by atoms with Gasteiger partial charge in [0.25, 0.3) is 0 Å². The number of anilines is 1. The van der Waals surface area contributed by atoms with Crippen LogP contribution in [0.25, 0.3) is 0 Å². The van der Waals surface area contributed by atoms with Crippen LogP contribution in [0.3, 0.4) is 0 Å². The first-order chi connectivity index (χ1) is 19.9. The summed E-state index contributed by atoms with van der Waals surface area (Å²) in [7, 11) is 0. The number of nitrogens with zero attached hydrogens (tertiary/aromatic N) is 1. The highest BCUT2D eigenvalue weighted by Gasteiger charge is 2.41. The lowest BCUT2D eigenvalue weighted by Crippen LogP contribution is -2.58. The maximum Gasteiger partial charge on any atom is 0.243 e. The quantitative estimate of drug-likeness (QED) is 0.437. The minimum Gasteiger partial charge on any atom is -0.381 e. The van der Waals surface area contributed by atoms with Crippen molar-refractivity contribution in [3.8, 4) is 0 Å². The summed E-state index contributed by atoms with van der Waals surface area (Å²) in [4.78, 5) is 42.4. The molecule has 3 aliphatic rings. The number of carbonyl (C=O) groups excluding carboxylic acids is 3. The highest BCUT2D eigenvalue weighted by Crippen LogP contribution is 2.36. The molecule has 3 aliphatic heterocycles. The topological polar surface area (TPSA) is 99.8 Å². The normalized spacial score (nSPS) is 25.2. The summed E-state index contributed by atoms with van der Waals surface area (Å²) in [5.41, 5.74) is 1.19. The van der Waals surface area contributed by atoms with Crippen LogP contribution in [0.15, 0.2) is 71.2 Å². The lowest BCUT2D eigenvalue weighted by molar-refractivity contribution is -0.140. The summed E-state index contributed by atoms with van der Waals surface area (Å²) in [5, 5.41) is 9.42. The molecule has 3 atom stereocenters. The number of allylic oxidation sites excluding steroid dienone is 2. The predicted molar refractivity (Wildman–Crippen MR) is 162 cm³/mol. The van der Waals surface area contributed by atoms with Crippen LogP contribution in [-0.4, -0.2) is 67.6 Å². The summed E-state index contributed by atoms with van der Waals surface area (Å²) in [6, 6.07) is 16.7. The first kappa shape index (κ1) is 29.5. The summed E-state index contributed by atoms with van der Waals surface area (Å²) in [5.74, 6) is -0.108. The molecule has 9 heteroatoms. The molecule has 2 fully saturated rings. The Labute approximate surface area is 250 Å². The van der Waals surface area contributed by atoms with Crippen LogP contribution < -0.4 is 16.0 Å². The predicted octanol–water partition coefficient (Wildman–Crippen LogP) is 4.07. The summed E-state index contributed by atoms with van der Waals surface area (Å²) in [6.45, 7) is 2.79. The van der Waals surface area contributed by atoms with E-state index in [1.807, 2.05) is 54.6 Å². The summed E-state index contributed by atoms with van der Waals surface area (Å²) >= 11 is 3.42. The van der Waals surface area contributed by atoms with E-state index in [0.717, 1.165) is 28.6 Å². The van der Waals surface area contributed by atoms with E-state index in [9.17, 15) is 14.4 Å². The number of carbonyl (C=O) groups is 3. The Morgan fingerprint density at radius 3 is 2.54 bits per heavy atom. The Balaban J connectivity index is 1.31. The minimum absolute atomic E-state index is 0.0374. The number of piperidine rings is 1. The Bertz CT molecular complexity index is 1230. The number of ether oxygens (including phenoxy) is 1. The van der Waals surface area contributed by atoms with Crippen molar-refractivity contribution < 1.29 is 19.1 Å². The smallest absolute Gasteiger partial charge is 0.243 e. The largest absolute Gasteiger partial charge is 0.381 e. The molecular weight excluding hydrogens is 584 g/mol. The van der Waals surface area contributed by atoms with E-state index in [1.165, 1.54) is 0 Å². The van der Waals surface area contributed by atoms with Crippen LogP contribution >= 0.6 is 15.9 Å². The van der Waals surface area contributed by atoms with Crippen LogP contribution in [0.4, 0.5) is 5.69 Å². The van der Waals surface area contributed by atoms with Crippen LogP contribution in [-0.2, 0) is 25.5 Å². The number of halogens is 1. The number of benzene rings is 2. The van der Waals surface area contributed by atoms with Gasteiger partial charge in [-0.15, -0.1) is 0 Å². The van der Waals surface area contributed by atoms with Gasteiger partial charge in [-0.3, -0.25) is 19.3 Å². The van der Waals surface area contributed by atoms with E-state index in [0.29, 0.717) is 58.5 Å². The Morgan fingerprint density at radius 1 is 1.02 bits per heavy atom. The second-order valence-electron chi connectivity index (χ2n) is 11.5. The van der Waals surface area contributed by atoms with E-state index in [-0.39, 0.29) is 29.7 Å². The van der Waals surface area contributed by atoms with Crippen LogP contribution in [0.1, 0.15) is 37.7 Å². The minimum atomic E-state index is -0.664. The highest BCUT2D eigenvalue weighted by molar-refractivity contribution is 9.10. The molecule has 0 saturated carbocycles. The molecule has 5 rings (SSSR count). The Hall–Kier alpha value is -3.01. The molecule has 3 heterocycles. The number of hydrogen-bond donors (Lipinski definition) is 3. The molecular formula is C32H39BrN4O4. The molecule has 0 aliphatic carbocycles. The van der Waals surface area contributed by atoms with Gasteiger partial charge in [-0.05, 0) is 67.9 Å². The molecule has 0 radical (unpaired) electrons. The fourth-order valence-corrected chi connectivity index (χ4v) is 6.40. The Morgan fingerprint density at radius 2 is 1.78 bits per heavy atom. The molecule has 2 aromatic rings. The highest BCUT2D eigenvalue weighted by atomic mass is 79.9.